The van der Waals surface area contributed by atoms with E-state index in [0.29, 0.717) is 0 Å². The van der Waals surface area contributed by atoms with Crippen LogP contribution in [-0.4, -0.2) is 29.6 Å². The maximum absolute atomic E-state index is 13.0. The van der Waals surface area contributed by atoms with Gasteiger partial charge in [-0.15, -0.1) is 0 Å². The molecule has 5 nitrogen and oxygen atoms in total. The number of methoxy groups -OCH3 is 1. The maximum Gasteiger partial charge on any atom is 0.307 e. The normalized spacial score (nSPS) is 9.80. The molecule has 15 heavy (non-hydrogen) atoms. The molecule has 0 radical (unpaired) electrons. The molecular formula is C8H9ClFN3O2. The number of aromatic nitrogens is 2. The molecule has 1 N–H and O–H groups in total. The van der Waals surface area contributed by atoms with Gasteiger partial charge in [-0.05, 0) is 11.6 Å². The highest BCUT2D eigenvalue weighted by atomic mass is 35.5. The third-order valence-corrected chi connectivity index (χ3v) is 1.75. The topological polar surface area (TPSA) is 64.1 Å². The van der Waals surface area contributed by atoms with Crippen LogP contribution in [-0.2, 0) is 9.53 Å². The Morgan fingerprint density at radius 2 is 2.47 bits per heavy atom. The number of carbonyl (C=O) groups is 1. The number of hydrogen-bond acceptors (Lipinski definition) is 5. The number of halogens is 2. The minimum Gasteiger partial charge on any atom is -0.469 e. The third-order valence-electron chi connectivity index (χ3n) is 1.56. The van der Waals surface area contributed by atoms with Crippen LogP contribution in [0, 0.1) is 5.82 Å². The van der Waals surface area contributed by atoms with Crippen molar-refractivity contribution in [1.82, 2.24) is 9.97 Å². The fraction of sp³-hybridized carbons (Fsp3) is 0.375. The molecule has 0 aliphatic carbocycles. The van der Waals surface area contributed by atoms with Gasteiger partial charge in [0.2, 0.25) is 5.28 Å². The average molecular weight is 234 g/mol. The lowest BCUT2D eigenvalue weighted by atomic mass is 10.4. The number of anilines is 1. The van der Waals surface area contributed by atoms with E-state index in [2.05, 4.69) is 20.0 Å². The van der Waals surface area contributed by atoms with Crippen LogP contribution >= 0.6 is 11.6 Å². The van der Waals surface area contributed by atoms with E-state index >= 15 is 0 Å². The van der Waals surface area contributed by atoms with Gasteiger partial charge in [-0.3, -0.25) is 4.79 Å². The number of nitrogens with zero attached hydrogens (tertiary/aromatic N) is 2. The van der Waals surface area contributed by atoms with Gasteiger partial charge in [0.05, 0.1) is 19.7 Å². The van der Waals surface area contributed by atoms with Crippen LogP contribution in [0.3, 0.4) is 0 Å². The number of hydrogen-bond donors (Lipinski definition) is 1. The second kappa shape index (κ2) is 5.45. The van der Waals surface area contributed by atoms with Gasteiger partial charge in [0.15, 0.2) is 11.6 Å². The Labute approximate surface area is 90.6 Å². The molecule has 82 valence electrons. The van der Waals surface area contributed by atoms with Crippen LogP contribution in [0.5, 0.6) is 0 Å². The van der Waals surface area contributed by atoms with Gasteiger partial charge in [-0.2, -0.15) is 4.98 Å². The average Bonchev–Trinajstić information content (AvgIpc) is 2.23. The Balaban J connectivity index is 2.50. The van der Waals surface area contributed by atoms with Crippen molar-refractivity contribution < 1.29 is 13.9 Å². The standard InChI is InChI=1S/C8H9ClFN3O2/c1-15-6(14)2-3-11-7-5(10)4-12-8(9)13-7/h4H,2-3H2,1H3,(H,11,12,13). The van der Waals surface area contributed by atoms with Gasteiger partial charge >= 0.3 is 5.97 Å². The van der Waals surface area contributed by atoms with E-state index in [-0.39, 0.29) is 30.0 Å². The van der Waals surface area contributed by atoms with Crippen molar-refractivity contribution in [3.05, 3.63) is 17.3 Å². The van der Waals surface area contributed by atoms with E-state index in [1.54, 1.807) is 0 Å². The smallest absolute Gasteiger partial charge is 0.307 e. The van der Waals surface area contributed by atoms with Crippen molar-refractivity contribution in [1.29, 1.82) is 0 Å². The third kappa shape index (κ3) is 3.67. The molecule has 0 saturated heterocycles. The number of ether oxygens (including phenoxy) is 1. The second-order valence-electron chi connectivity index (χ2n) is 2.59. The molecule has 1 rings (SSSR count). The molecular weight excluding hydrogens is 225 g/mol. The Kier molecular flexibility index (Phi) is 4.23. The van der Waals surface area contributed by atoms with Crippen molar-refractivity contribution in [2.75, 3.05) is 19.0 Å². The van der Waals surface area contributed by atoms with Gasteiger partial charge in [0.25, 0.3) is 0 Å². The summed E-state index contributed by atoms with van der Waals surface area (Å²) in [6, 6.07) is 0. The first-order valence-electron chi connectivity index (χ1n) is 4.12. The summed E-state index contributed by atoms with van der Waals surface area (Å²) in [5, 5.41) is 2.55. The molecule has 7 heteroatoms. The molecule has 0 saturated carbocycles. The quantitative estimate of drug-likeness (QED) is 0.626. The predicted octanol–water partition coefficient (Wildman–Crippen LogP) is 1.24. The zero-order chi connectivity index (χ0) is 11.3. The summed E-state index contributed by atoms with van der Waals surface area (Å²) in [5.74, 6) is -1.04. The molecule has 0 aliphatic rings. The minimum absolute atomic E-state index is 0.0288. The van der Waals surface area contributed by atoms with Crippen LogP contribution in [0.25, 0.3) is 0 Å². The largest absolute Gasteiger partial charge is 0.469 e. The highest BCUT2D eigenvalue weighted by Gasteiger charge is 2.06. The van der Waals surface area contributed by atoms with Crippen molar-refractivity contribution in [2.24, 2.45) is 0 Å². The first-order chi connectivity index (χ1) is 7.13. The first-order valence-corrected chi connectivity index (χ1v) is 4.50. The van der Waals surface area contributed by atoms with Crippen LogP contribution in [0.1, 0.15) is 6.42 Å². The fourth-order valence-corrected chi connectivity index (χ4v) is 0.988. The van der Waals surface area contributed by atoms with Crippen molar-refractivity contribution in [3.8, 4) is 0 Å². The summed E-state index contributed by atoms with van der Waals surface area (Å²) in [6.45, 7) is 0.219. The maximum atomic E-state index is 13.0. The number of rotatable bonds is 4. The lowest BCUT2D eigenvalue weighted by molar-refractivity contribution is -0.140. The Hall–Kier alpha value is -1.43. The number of carbonyl (C=O) groups excluding carboxylic acids is 1. The first kappa shape index (κ1) is 11.6. The number of esters is 1. The molecule has 0 spiro atoms. The van der Waals surface area contributed by atoms with Gasteiger partial charge < -0.3 is 10.1 Å². The SMILES string of the molecule is COC(=O)CCNc1nc(Cl)ncc1F. The molecule has 0 amide bonds. The molecule has 1 aromatic rings. The van der Waals surface area contributed by atoms with E-state index in [1.165, 1.54) is 7.11 Å². The van der Waals surface area contributed by atoms with Gasteiger partial charge in [-0.1, -0.05) is 0 Å². The summed E-state index contributed by atoms with van der Waals surface area (Å²) in [7, 11) is 1.28. The molecule has 0 atom stereocenters. The molecule has 0 bridgehead atoms. The zero-order valence-corrected chi connectivity index (χ0v) is 8.71. The van der Waals surface area contributed by atoms with Crippen LogP contribution in [0.15, 0.2) is 6.20 Å². The van der Waals surface area contributed by atoms with E-state index in [4.69, 9.17) is 11.6 Å². The molecule has 0 aromatic carbocycles. The fourth-order valence-electron chi connectivity index (χ4n) is 0.855. The van der Waals surface area contributed by atoms with E-state index in [1.807, 2.05) is 0 Å². The second-order valence-corrected chi connectivity index (χ2v) is 2.93. The molecule has 0 fully saturated rings. The van der Waals surface area contributed by atoms with Crippen molar-refractivity contribution in [3.63, 3.8) is 0 Å². The Morgan fingerprint density at radius 1 is 1.73 bits per heavy atom. The van der Waals surface area contributed by atoms with Crippen LogP contribution < -0.4 is 5.32 Å². The summed E-state index contributed by atoms with van der Waals surface area (Å²) >= 11 is 5.47. The highest BCUT2D eigenvalue weighted by molar-refractivity contribution is 6.28. The molecule has 1 aromatic heterocycles. The zero-order valence-electron chi connectivity index (χ0n) is 7.96. The van der Waals surface area contributed by atoms with E-state index in [9.17, 15) is 9.18 Å². The summed E-state index contributed by atoms with van der Waals surface area (Å²) in [5.41, 5.74) is 0. The van der Waals surface area contributed by atoms with Gasteiger partial charge in [-0.25, -0.2) is 9.37 Å². The van der Waals surface area contributed by atoms with Crippen LogP contribution in [0.4, 0.5) is 10.2 Å². The highest BCUT2D eigenvalue weighted by Crippen LogP contribution is 2.11. The monoisotopic (exact) mass is 233 g/mol. The lowest BCUT2D eigenvalue weighted by Crippen LogP contribution is -2.11. The Bertz CT molecular complexity index is 362. The molecule has 0 unspecified atom stereocenters. The van der Waals surface area contributed by atoms with Crippen molar-refractivity contribution >= 4 is 23.4 Å². The van der Waals surface area contributed by atoms with E-state index < -0.39 is 5.82 Å². The summed E-state index contributed by atoms with van der Waals surface area (Å²) in [4.78, 5) is 17.8. The lowest BCUT2D eigenvalue weighted by Gasteiger charge is -2.05. The van der Waals surface area contributed by atoms with Crippen LogP contribution in [0.2, 0.25) is 5.28 Å². The molecule has 0 aliphatic heterocycles. The van der Waals surface area contributed by atoms with E-state index in [0.717, 1.165) is 6.20 Å². The van der Waals surface area contributed by atoms with Gasteiger partial charge in [0.1, 0.15) is 0 Å². The predicted molar refractivity (Wildman–Crippen MR) is 52.1 cm³/mol. The number of nitrogens with one attached hydrogen (secondary N) is 1. The summed E-state index contributed by atoms with van der Waals surface area (Å²) < 4.78 is 17.4. The summed E-state index contributed by atoms with van der Waals surface area (Å²) in [6.07, 6.45) is 1.08. The minimum atomic E-state index is -0.621. The van der Waals surface area contributed by atoms with Gasteiger partial charge in [0, 0.05) is 6.54 Å². The Morgan fingerprint density at radius 3 is 3.13 bits per heavy atom. The van der Waals surface area contributed by atoms with Crippen molar-refractivity contribution in [2.45, 2.75) is 6.42 Å². The molecule has 1 heterocycles.